The van der Waals surface area contributed by atoms with Gasteiger partial charge in [-0.15, -0.1) is 0 Å². The van der Waals surface area contributed by atoms with Crippen LogP contribution in [-0.2, 0) is 11.2 Å². The number of ether oxygens (including phenoxy) is 1. The summed E-state index contributed by atoms with van der Waals surface area (Å²) in [7, 11) is 1.95. The van der Waals surface area contributed by atoms with Gasteiger partial charge in [-0.2, -0.15) is 0 Å². The Morgan fingerprint density at radius 1 is 1.43 bits per heavy atom. The third kappa shape index (κ3) is 4.63. The molecule has 0 aromatic heterocycles. The van der Waals surface area contributed by atoms with Crippen LogP contribution in [0.3, 0.4) is 0 Å². The Hall–Kier alpha value is -1.75. The first-order valence-electron chi connectivity index (χ1n) is 7.32. The van der Waals surface area contributed by atoms with E-state index in [-0.39, 0.29) is 12.0 Å². The van der Waals surface area contributed by atoms with Gasteiger partial charge in [0.25, 0.3) is 0 Å². The number of rotatable bonds is 6. The molecule has 116 valence electrons. The van der Waals surface area contributed by atoms with Gasteiger partial charge in [0, 0.05) is 13.1 Å². The summed E-state index contributed by atoms with van der Waals surface area (Å²) in [4.78, 5) is 12.6. The molecule has 0 bridgehead atoms. The SMILES string of the molecule is CN(CCC(=O)O)CCc1ccc2c(c1)NCC(C)(C)O2. The van der Waals surface area contributed by atoms with Gasteiger partial charge in [0.05, 0.1) is 18.7 Å². The zero-order valence-corrected chi connectivity index (χ0v) is 13.0. The molecule has 1 heterocycles. The minimum atomic E-state index is -0.750. The molecule has 0 amide bonds. The predicted octanol–water partition coefficient (Wildman–Crippen LogP) is 2.22. The van der Waals surface area contributed by atoms with Crippen molar-refractivity contribution in [3.05, 3.63) is 23.8 Å². The highest BCUT2D eigenvalue weighted by molar-refractivity contribution is 5.66. The Labute approximate surface area is 125 Å². The average molecular weight is 292 g/mol. The van der Waals surface area contributed by atoms with Crippen LogP contribution in [-0.4, -0.2) is 48.3 Å². The van der Waals surface area contributed by atoms with Gasteiger partial charge in [-0.05, 0) is 45.0 Å². The van der Waals surface area contributed by atoms with Crippen LogP contribution in [0.5, 0.6) is 5.75 Å². The fourth-order valence-corrected chi connectivity index (χ4v) is 2.32. The Bertz CT molecular complexity index is 514. The molecule has 0 fully saturated rings. The number of hydrogen-bond donors (Lipinski definition) is 2. The molecule has 0 saturated heterocycles. The minimum Gasteiger partial charge on any atom is -0.484 e. The Morgan fingerprint density at radius 2 is 2.19 bits per heavy atom. The molecule has 1 aromatic carbocycles. The molecular formula is C16H24N2O3. The van der Waals surface area contributed by atoms with E-state index in [1.54, 1.807) is 0 Å². The lowest BCUT2D eigenvalue weighted by atomic mass is 10.0. The van der Waals surface area contributed by atoms with Crippen LogP contribution in [0.25, 0.3) is 0 Å². The molecule has 0 aliphatic carbocycles. The lowest BCUT2D eigenvalue weighted by Gasteiger charge is -2.33. The molecule has 1 aliphatic rings. The molecule has 0 spiro atoms. The van der Waals surface area contributed by atoms with Gasteiger partial charge in [-0.1, -0.05) is 6.07 Å². The van der Waals surface area contributed by atoms with Gasteiger partial charge in [0.1, 0.15) is 11.4 Å². The van der Waals surface area contributed by atoms with Crippen LogP contribution in [0.1, 0.15) is 25.8 Å². The van der Waals surface area contributed by atoms with Crippen LogP contribution in [0.4, 0.5) is 5.69 Å². The van der Waals surface area contributed by atoms with Crippen molar-refractivity contribution in [2.24, 2.45) is 0 Å². The molecule has 2 rings (SSSR count). The number of fused-ring (bicyclic) bond motifs is 1. The molecule has 0 unspecified atom stereocenters. The summed E-state index contributed by atoms with van der Waals surface area (Å²) >= 11 is 0. The number of anilines is 1. The smallest absolute Gasteiger partial charge is 0.304 e. The summed E-state index contributed by atoms with van der Waals surface area (Å²) in [5.41, 5.74) is 2.10. The number of carboxylic acids is 1. The summed E-state index contributed by atoms with van der Waals surface area (Å²) in [5.74, 6) is 0.147. The number of likely N-dealkylation sites (N-methyl/N-ethyl adjacent to an activating group) is 1. The third-order valence-corrected chi connectivity index (χ3v) is 3.62. The van der Waals surface area contributed by atoms with Crippen molar-refractivity contribution in [1.82, 2.24) is 4.90 Å². The summed E-state index contributed by atoms with van der Waals surface area (Å²) in [5, 5.41) is 12.1. The Morgan fingerprint density at radius 3 is 2.90 bits per heavy atom. The molecule has 0 atom stereocenters. The van der Waals surface area contributed by atoms with Crippen molar-refractivity contribution >= 4 is 11.7 Å². The largest absolute Gasteiger partial charge is 0.484 e. The molecule has 21 heavy (non-hydrogen) atoms. The maximum atomic E-state index is 10.5. The van der Waals surface area contributed by atoms with Gasteiger partial charge in [0.15, 0.2) is 0 Å². The van der Waals surface area contributed by atoms with Gasteiger partial charge in [-0.3, -0.25) is 4.79 Å². The molecule has 0 saturated carbocycles. The molecule has 5 heteroatoms. The van der Waals surface area contributed by atoms with Gasteiger partial charge in [0.2, 0.25) is 0 Å². The second-order valence-corrected chi connectivity index (χ2v) is 6.24. The minimum absolute atomic E-state index is 0.175. The summed E-state index contributed by atoms with van der Waals surface area (Å²) < 4.78 is 5.93. The molecule has 0 radical (unpaired) electrons. The number of hydrogen-bond acceptors (Lipinski definition) is 4. The number of aliphatic carboxylic acids is 1. The van der Waals surface area contributed by atoms with E-state index in [2.05, 4.69) is 31.3 Å². The summed E-state index contributed by atoms with van der Waals surface area (Å²) in [6.45, 7) is 6.35. The molecule has 5 nitrogen and oxygen atoms in total. The Kier molecular flexibility index (Phi) is 4.73. The van der Waals surface area contributed by atoms with Crippen molar-refractivity contribution in [3.8, 4) is 5.75 Å². The van der Waals surface area contributed by atoms with Gasteiger partial charge < -0.3 is 20.1 Å². The van der Waals surface area contributed by atoms with E-state index in [1.165, 1.54) is 5.56 Å². The highest BCUT2D eigenvalue weighted by Gasteiger charge is 2.26. The van der Waals surface area contributed by atoms with Gasteiger partial charge >= 0.3 is 5.97 Å². The average Bonchev–Trinajstić information content (AvgIpc) is 2.42. The number of nitrogens with zero attached hydrogens (tertiary/aromatic N) is 1. The number of benzene rings is 1. The quantitative estimate of drug-likeness (QED) is 0.842. The third-order valence-electron chi connectivity index (χ3n) is 3.62. The summed E-state index contributed by atoms with van der Waals surface area (Å²) in [6.07, 6.45) is 1.08. The number of nitrogens with one attached hydrogen (secondary N) is 1. The van der Waals surface area contributed by atoms with E-state index in [9.17, 15) is 4.79 Å². The van der Waals surface area contributed by atoms with Crippen molar-refractivity contribution in [3.63, 3.8) is 0 Å². The first-order chi connectivity index (χ1) is 9.85. The first kappa shape index (κ1) is 15.6. The molecular weight excluding hydrogens is 268 g/mol. The highest BCUT2D eigenvalue weighted by Crippen LogP contribution is 2.33. The zero-order chi connectivity index (χ0) is 15.5. The van der Waals surface area contributed by atoms with Crippen LogP contribution < -0.4 is 10.1 Å². The molecule has 1 aromatic rings. The van der Waals surface area contributed by atoms with E-state index in [4.69, 9.17) is 9.84 Å². The van der Waals surface area contributed by atoms with Crippen LogP contribution >= 0.6 is 0 Å². The fraction of sp³-hybridized carbons (Fsp3) is 0.562. The van der Waals surface area contributed by atoms with E-state index in [1.807, 2.05) is 18.0 Å². The van der Waals surface area contributed by atoms with Crippen LogP contribution in [0.15, 0.2) is 18.2 Å². The maximum absolute atomic E-state index is 10.5. The normalized spacial score (nSPS) is 16.0. The standard InChI is InChI=1S/C16H24N2O3/c1-16(2)11-17-13-10-12(4-5-14(13)21-16)6-8-18(3)9-7-15(19)20/h4-5,10,17H,6-9,11H2,1-3H3,(H,19,20). The van der Waals surface area contributed by atoms with Crippen LogP contribution in [0.2, 0.25) is 0 Å². The topological polar surface area (TPSA) is 61.8 Å². The zero-order valence-electron chi connectivity index (χ0n) is 13.0. The lowest BCUT2D eigenvalue weighted by Crippen LogP contribution is -2.40. The molecule has 1 aliphatic heterocycles. The molecule has 2 N–H and O–H groups in total. The monoisotopic (exact) mass is 292 g/mol. The first-order valence-corrected chi connectivity index (χ1v) is 7.32. The van der Waals surface area contributed by atoms with Crippen LogP contribution in [0, 0.1) is 0 Å². The highest BCUT2D eigenvalue weighted by atomic mass is 16.5. The van der Waals surface area contributed by atoms with E-state index >= 15 is 0 Å². The number of carbonyl (C=O) groups is 1. The van der Waals surface area contributed by atoms with Crippen molar-refractivity contribution in [1.29, 1.82) is 0 Å². The second kappa shape index (κ2) is 6.35. The summed E-state index contributed by atoms with van der Waals surface area (Å²) in [6, 6.07) is 6.21. The maximum Gasteiger partial charge on any atom is 0.304 e. The van der Waals surface area contributed by atoms with Crippen molar-refractivity contribution < 1.29 is 14.6 Å². The van der Waals surface area contributed by atoms with Crippen molar-refractivity contribution in [2.75, 3.05) is 32.0 Å². The number of carboxylic acid groups (broad SMARTS) is 1. The second-order valence-electron chi connectivity index (χ2n) is 6.24. The van der Waals surface area contributed by atoms with E-state index < -0.39 is 5.97 Å². The predicted molar refractivity (Wildman–Crippen MR) is 83.1 cm³/mol. The van der Waals surface area contributed by atoms with Crippen molar-refractivity contribution in [2.45, 2.75) is 32.3 Å². The fourth-order valence-electron chi connectivity index (χ4n) is 2.32. The Balaban J connectivity index is 1.89. The van der Waals surface area contributed by atoms with E-state index in [0.717, 1.165) is 30.9 Å². The lowest BCUT2D eigenvalue weighted by molar-refractivity contribution is -0.137. The van der Waals surface area contributed by atoms with E-state index in [0.29, 0.717) is 6.54 Å². The van der Waals surface area contributed by atoms with Gasteiger partial charge in [-0.25, -0.2) is 0 Å².